The molecule has 0 heterocycles. The van der Waals surface area contributed by atoms with Crippen molar-refractivity contribution in [2.75, 3.05) is 13.1 Å². The van der Waals surface area contributed by atoms with Gasteiger partial charge in [0.1, 0.15) is 0 Å². The molecular formula is C17H26N2. The summed E-state index contributed by atoms with van der Waals surface area (Å²) in [5, 5.41) is 0. The second-order valence-corrected chi connectivity index (χ2v) is 6.18. The van der Waals surface area contributed by atoms with E-state index in [2.05, 4.69) is 36.1 Å². The third kappa shape index (κ3) is 3.01. The molecule has 1 atom stereocenters. The second-order valence-electron chi connectivity index (χ2n) is 6.18. The minimum atomic E-state index is 0.434. The standard InChI is InChI=1S/C17H26N2/c1-2-14-5-3-4-6-16(14)17(11-18)19(15-9-10-15)12-13-7-8-13/h3-6,13,15,17H,2,7-12,18H2,1H3. The van der Waals surface area contributed by atoms with Gasteiger partial charge in [-0.2, -0.15) is 0 Å². The zero-order chi connectivity index (χ0) is 13.2. The zero-order valence-electron chi connectivity index (χ0n) is 12.0. The highest BCUT2D eigenvalue weighted by atomic mass is 15.2. The summed E-state index contributed by atoms with van der Waals surface area (Å²) in [5.74, 6) is 0.948. The number of aryl methyl sites for hydroxylation is 1. The Hall–Kier alpha value is -0.860. The van der Waals surface area contributed by atoms with Crippen LogP contribution in [-0.4, -0.2) is 24.0 Å². The van der Waals surface area contributed by atoms with Crippen LogP contribution >= 0.6 is 0 Å². The smallest absolute Gasteiger partial charge is 0.0476 e. The van der Waals surface area contributed by atoms with Gasteiger partial charge in [0.2, 0.25) is 0 Å². The molecule has 0 amide bonds. The van der Waals surface area contributed by atoms with Crippen LogP contribution < -0.4 is 5.73 Å². The number of benzene rings is 1. The van der Waals surface area contributed by atoms with E-state index in [1.54, 1.807) is 0 Å². The molecule has 0 spiro atoms. The zero-order valence-corrected chi connectivity index (χ0v) is 12.0. The summed E-state index contributed by atoms with van der Waals surface area (Å²) < 4.78 is 0. The first-order valence-electron chi connectivity index (χ1n) is 7.87. The molecule has 2 aliphatic carbocycles. The molecule has 0 bridgehead atoms. The molecule has 1 aromatic rings. The van der Waals surface area contributed by atoms with Gasteiger partial charge in [-0.3, -0.25) is 4.90 Å². The maximum absolute atomic E-state index is 6.15. The Balaban J connectivity index is 1.83. The number of nitrogens with zero attached hydrogens (tertiary/aromatic N) is 1. The summed E-state index contributed by atoms with van der Waals surface area (Å²) in [6, 6.07) is 10.1. The molecule has 19 heavy (non-hydrogen) atoms. The maximum Gasteiger partial charge on any atom is 0.0476 e. The lowest BCUT2D eigenvalue weighted by molar-refractivity contribution is 0.182. The van der Waals surface area contributed by atoms with E-state index in [1.165, 1.54) is 43.4 Å². The van der Waals surface area contributed by atoms with Gasteiger partial charge in [0, 0.05) is 25.2 Å². The molecule has 1 unspecified atom stereocenters. The lowest BCUT2D eigenvalue weighted by Crippen LogP contribution is -2.37. The Morgan fingerprint density at radius 3 is 2.53 bits per heavy atom. The highest BCUT2D eigenvalue weighted by molar-refractivity contribution is 5.31. The molecule has 3 rings (SSSR count). The van der Waals surface area contributed by atoms with Crippen LogP contribution in [0.3, 0.4) is 0 Å². The van der Waals surface area contributed by atoms with E-state index in [-0.39, 0.29) is 0 Å². The minimum Gasteiger partial charge on any atom is -0.329 e. The average Bonchev–Trinajstić information content (AvgIpc) is 3.31. The molecule has 2 fully saturated rings. The van der Waals surface area contributed by atoms with Crippen molar-refractivity contribution in [2.45, 2.75) is 51.1 Å². The Kier molecular flexibility index (Phi) is 3.90. The lowest BCUT2D eigenvalue weighted by Gasteiger charge is -2.32. The van der Waals surface area contributed by atoms with Crippen LogP contribution in [-0.2, 0) is 6.42 Å². The van der Waals surface area contributed by atoms with E-state index in [0.29, 0.717) is 6.04 Å². The van der Waals surface area contributed by atoms with Crippen molar-refractivity contribution in [3.63, 3.8) is 0 Å². The van der Waals surface area contributed by atoms with Gasteiger partial charge in [-0.1, -0.05) is 31.2 Å². The number of rotatable bonds is 7. The first-order chi connectivity index (χ1) is 9.33. The van der Waals surface area contributed by atoms with Gasteiger partial charge in [-0.15, -0.1) is 0 Å². The lowest BCUT2D eigenvalue weighted by atomic mass is 9.97. The van der Waals surface area contributed by atoms with Gasteiger partial charge in [-0.25, -0.2) is 0 Å². The van der Waals surface area contributed by atoms with Crippen molar-refractivity contribution in [1.82, 2.24) is 4.90 Å². The van der Waals surface area contributed by atoms with Crippen LogP contribution in [0.25, 0.3) is 0 Å². The monoisotopic (exact) mass is 258 g/mol. The summed E-state index contributed by atoms with van der Waals surface area (Å²) in [5.41, 5.74) is 9.09. The van der Waals surface area contributed by atoms with E-state index in [4.69, 9.17) is 5.73 Å². The Bertz CT molecular complexity index is 421. The maximum atomic E-state index is 6.15. The molecule has 2 aliphatic rings. The van der Waals surface area contributed by atoms with Crippen LogP contribution in [0.4, 0.5) is 0 Å². The van der Waals surface area contributed by atoms with E-state index >= 15 is 0 Å². The van der Waals surface area contributed by atoms with Crippen molar-refractivity contribution in [2.24, 2.45) is 11.7 Å². The second kappa shape index (κ2) is 5.64. The van der Waals surface area contributed by atoms with Crippen molar-refractivity contribution >= 4 is 0 Å². The highest BCUT2D eigenvalue weighted by Gasteiger charge is 2.37. The third-order valence-electron chi connectivity index (χ3n) is 4.60. The van der Waals surface area contributed by atoms with E-state index < -0.39 is 0 Å². The summed E-state index contributed by atoms with van der Waals surface area (Å²) in [6.45, 7) is 4.26. The predicted octanol–water partition coefficient (Wildman–Crippen LogP) is 3.12. The van der Waals surface area contributed by atoms with Gasteiger partial charge in [0.25, 0.3) is 0 Å². The largest absolute Gasteiger partial charge is 0.329 e. The van der Waals surface area contributed by atoms with Crippen LogP contribution in [0.1, 0.15) is 49.8 Å². The summed E-state index contributed by atoms with van der Waals surface area (Å²) in [4.78, 5) is 2.71. The fourth-order valence-electron chi connectivity index (χ4n) is 3.16. The molecule has 0 aliphatic heterocycles. The minimum absolute atomic E-state index is 0.434. The van der Waals surface area contributed by atoms with Gasteiger partial charge in [0.15, 0.2) is 0 Å². The van der Waals surface area contributed by atoms with Crippen LogP contribution in [0.15, 0.2) is 24.3 Å². The number of hydrogen-bond acceptors (Lipinski definition) is 2. The van der Waals surface area contributed by atoms with Crippen molar-refractivity contribution in [1.29, 1.82) is 0 Å². The Labute approximate surface area is 117 Å². The molecule has 0 radical (unpaired) electrons. The van der Waals surface area contributed by atoms with E-state index in [1.807, 2.05) is 0 Å². The van der Waals surface area contributed by atoms with Crippen LogP contribution in [0, 0.1) is 5.92 Å². The molecular weight excluding hydrogens is 232 g/mol. The third-order valence-corrected chi connectivity index (χ3v) is 4.60. The number of nitrogens with two attached hydrogens (primary N) is 1. The van der Waals surface area contributed by atoms with Gasteiger partial charge in [-0.05, 0) is 49.1 Å². The van der Waals surface area contributed by atoms with Crippen molar-refractivity contribution in [3.05, 3.63) is 35.4 Å². The van der Waals surface area contributed by atoms with E-state index in [0.717, 1.165) is 24.9 Å². The summed E-state index contributed by atoms with van der Waals surface area (Å²) in [7, 11) is 0. The molecule has 104 valence electrons. The fraction of sp³-hybridized carbons (Fsp3) is 0.647. The molecule has 1 aromatic carbocycles. The van der Waals surface area contributed by atoms with E-state index in [9.17, 15) is 0 Å². The van der Waals surface area contributed by atoms with Crippen LogP contribution in [0.2, 0.25) is 0 Å². The van der Waals surface area contributed by atoms with Gasteiger partial charge >= 0.3 is 0 Å². The summed E-state index contributed by atoms with van der Waals surface area (Å²) >= 11 is 0. The topological polar surface area (TPSA) is 29.3 Å². The quantitative estimate of drug-likeness (QED) is 0.814. The van der Waals surface area contributed by atoms with Crippen LogP contribution in [0.5, 0.6) is 0 Å². The molecule has 2 nitrogen and oxygen atoms in total. The Morgan fingerprint density at radius 1 is 1.21 bits per heavy atom. The Morgan fingerprint density at radius 2 is 1.95 bits per heavy atom. The average molecular weight is 258 g/mol. The van der Waals surface area contributed by atoms with Gasteiger partial charge < -0.3 is 5.73 Å². The first kappa shape index (κ1) is 13.1. The fourth-order valence-corrected chi connectivity index (χ4v) is 3.16. The first-order valence-corrected chi connectivity index (χ1v) is 7.87. The normalized spacial score (nSPS) is 20.8. The van der Waals surface area contributed by atoms with Crippen molar-refractivity contribution in [3.8, 4) is 0 Å². The molecule has 2 saturated carbocycles. The molecule has 2 heteroatoms. The summed E-state index contributed by atoms with van der Waals surface area (Å²) in [6.07, 6.45) is 6.70. The van der Waals surface area contributed by atoms with Crippen molar-refractivity contribution < 1.29 is 0 Å². The molecule has 0 aromatic heterocycles. The predicted molar refractivity (Wildman–Crippen MR) is 80.1 cm³/mol. The highest BCUT2D eigenvalue weighted by Crippen LogP contribution is 2.39. The molecule has 0 saturated heterocycles. The van der Waals surface area contributed by atoms with Gasteiger partial charge in [0.05, 0.1) is 0 Å². The SMILES string of the molecule is CCc1ccccc1C(CN)N(CC1CC1)C1CC1. The molecule has 2 N–H and O–H groups in total. The number of hydrogen-bond donors (Lipinski definition) is 1.